The van der Waals surface area contributed by atoms with Crippen molar-refractivity contribution in [3.8, 4) is 0 Å². The second-order valence-corrected chi connectivity index (χ2v) is 21.6. The van der Waals surface area contributed by atoms with Gasteiger partial charge in [-0.25, -0.2) is 4.57 Å². The minimum Gasteiger partial charge on any atom is -0.456 e. The number of rotatable bonds is 50. The highest BCUT2D eigenvalue weighted by molar-refractivity contribution is 7.47. The average Bonchev–Trinajstić information content (AvgIpc) is 3.35. The predicted molar refractivity (Wildman–Crippen MR) is 313 cm³/mol. The van der Waals surface area contributed by atoms with Crippen LogP contribution >= 0.6 is 7.82 Å². The lowest BCUT2D eigenvalue weighted by Gasteiger charge is -2.27. The van der Waals surface area contributed by atoms with E-state index in [1.807, 2.05) is 39.4 Å². The van der Waals surface area contributed by atoms with Crippen molar-refractivity contribution < 1.29 is 37.3 Å². The monoisotopic (exact) mass is 1040 g/mol. The van der Waals surface area contributed by atoms with Gasteiger partial charge in [0, 0.05) is 12.8 Å². The number of phosphoric ester groups is 1. The Bertz CT molecular complexity index is 1660. The smallest absolute Gasteiger partial charge is 0.456 e. The number of quaternary nitrogens is 1. The first-order chi connectivity index (χ1) is 35.4. The van der Waals surface area contributed by atoms with Crippen LogP contribution < -0.4 is 5.32 Å². The lowest BCUT2D eigenvalue weighted by Crippen LogP contribution is -2.47. The third-order valence-electron chi connectivity index (χ3n) is 12.0. The first-order valence-electron chi connectivity index (χ1n) is 28.9. The summed E-state index contributed by atoms with van der Waals surface area (Å²) < 4.78 is 30.6. The van der Waals surface area contributed by atoms with Crippen molar-refractivity contribution in [2.75, 3.05) is 40.9 Å². The Balaban J connectivity index is 5.45. The molecule has 0 radical (unpaired) electrons. The number of amides is 1. The largest absolute Gasteiger partial charge is 0.472 e. The highest BCUT2D eigenvalue weighted by Crippen LogP contribution is 2.43. The van der Waals surface area contributed by atoms with Gasteiger partial charge in [0.2, 0.25) is 5.91 Å². The zero-order valence-electron chi connectivity index (χ0n) is 47.3. The number of nitrogens with zero attached hydrogens (tertiary/aromatic N) is 1. The molecule has 2 N–H and O–H groups in total. The molecule has 10 heteroatoms. The molecule has 0 aromatic rings. The normalized spacial score (nSPS) is 14.7. The van der Waals surface area contributed by atoms with Crippen LogP contribution in [0.25, 0.3) is 0 Å². The van der Waals surface area contributed by atoms with Crippen LogP contribution in [0, 0.1) is 0 Å². The number of carbonyl (C=O) groups excluding carboxylic acids is 2. The summed E-state index contributed by atoms with van der Waals surface area (Å²) in [5.74, 6) is -0.590. The number of nitrogens with one attached hydrogen (secondary N) is 1. The van der Waals surface area contributed by atoms with Crippen LogP contribution in [0.2, 0.25) is 0 Å². The van der Waals surface area contributed by atoms with Gasteiger partial charge in [-0.05, 0) is 102 Å². The molecule has 0 fully saturated rings. The van der Waals surface area contributed by atoms with E-state index in [0.717, 1.165) is 109 Å². The van der Waals surface area contributed by atoms with E-state index in [2.05, 4.69) is 129 Å². The number of hydrogen-bond donors (Lipinski definition) is 2. The fraction of sp³-hybridized carbons (Fsp3) is 0.651. The van der Waals surface area contributed by atoms with Gasteiger partial charge in [0.25, 0.3) is 0 Å². The third kappa shape index (κ3) is 53.1. The molecular formula is C63H108N2O7P+. The molecule has 9 nitrogen and oxygen atoms in total. The molecule has 0 saturated carbocycles. The second-order valence-electron chi connectivity index (χ2n) is 20.1. The molecule has 0 heterocycles. The Kier molecular flexibility index (Phi) is 49.3. The van der Waals surface area contributed by atoms with Gasteiger partial charge in [-0.15, -0.1) is 0 Å². The number of allylic oxidation sites excluding steroid dienone is 19. The first kappa shape index (κ1) is 69.4. The first-order valence-corrected chi connectivity index (χ1v) is 30.4. The van der Waals surface area contributed by atoms with E-state index in [1.165, 1.54) is 57.8 Å². The van der Waals surface area contributed by atoms with Gasteiger partial charge in [0.05, 0.1) is 33.8 Å². The van der Waals surface area contributed by atoms with Gasteiger partial charge >= 0.3 is 13.8 Å². The number of hydrogen-bond acceptors (Lipinski definition) is 6. The number of phosphoric acid groups is 1. The van der Waals surface area contributed by atoms with Gasteiger partial charge in [0.1, 0.15) is 19.3 Å². The Morgan fingerprint density at radius 3 is 1.48 bits per heavy atom. The molecule has 0 aromatic carbocycles. The number of carbonyl (C=O) groups is 2. The Morgan fingerprint density at radius 1 is 0.507 bits per heavy atom. The summed E-state index contributed by atoms with van der Waals surface area (Å²) in [5, 5.41) is 3.02. The number of esters is 1. The summed E-state index contributed by atoms with van der Waals surface area (Å²) >= 11 is 0. The molecule has 0 aliphatic carbocycles. The van der Waals surface area contributed by atoms with Crippen molar-refractivity contribution in [1.82, 2.24) is 5.32 Å². The molecule has 416 valence electrons. The maximum absolute atomic E-state index is 13.5. The van der Waals surface area contributed by atoms with Crippen LogP contribution in [-0.2, 0) is 27.9 Å². The molecule has 1 amide bonds. The van der Waals surface area contributed by atoms with Crippen LogP contribution in [0.5, 0.6) is 0 Å². The number of ether oxygens (including phenoxy) is 1. The molecule has 0 saturated heterocycles. The van der Waals surface area contributed by atoms with Crippen molar-refractivity contribution in [3.63, 3.8) is 0 Å². The molecule has 0 aromatic heterocycles. The summed E-state index contributed by atoms with van der Waals surface area (Å²) in [6.07, 6.45) is 72.0. The Hall–Kier alpha value is -3.59. The highest BCUT2D eigenvalue weighted by Gasteiger charge is 2.30. The van der Waals surface area contributed by atoms with Crippen LogP contribution in [0.3, 0.4) is 0 Å². The minimum atomic E-state index is -4.47. The fourth-order valence-electron chi connectivity index (χ4n) is 7.53. The van der Waals surface area contributed by atoms with Crippen molar-refractivity contribution >= 4 is 19.7 Å². The van der Waals surface area contributed by atoms with Crippen molar-refractivity contribution in [2.24, 2.45) is 0 Å². The van der Waals surface area contributed by atoms with Gasteiger partial charge in [-0.2, -0.15) is 0 Å². The molecule has 0 rings (SSSR count). The molecule has 0 aliphatic heterocycles. The van der Waals surface area contributed by atoms with Crippen molar-refractivity contribution in [3.05, 3.63) is 122 Å². The van der Waals surface area contributed by atoms with E-state index in [0.29, 0.717) is 30.3 Å². The van der Waals surface area contributed by atoms with E-state index in [-0.39, 0.29) is 31.5 Å². The van der Waals surface area contributed by atoms with Crippen LogP contribution in [0.15, 0.2) is 122 Å². The van der Waals surface area contributed by atoms with Gasteiger partial charge in [-0.3, -0.25) is 18.6 Å². The fourth-order valence-corrected chi connectivity index (χ4v) is 8.27. The average molecular weight is 1040 g/mol. The summed E-state index contributed by atoms with van der Waals surface area (Å²) in [5.41, 5.74) is 0. The van der Waals surface area contributed by atoms with Gasteiger partial charge in [0.15, 0.2) is 0 Å². The van der Waals surface area contributed by atoms with Crippen LogP contribution in [-0.4, -0.2) is 74.3 Å². The highest BCUT2D eigenvalue weighted by atomic mass is 31.2. The van der Waals surface area contributed by atoms with E-state index in [9.17, 15) is 19.0 Å². The van der Waals surface area contributed by atoms with Gasteiger partial charge < -0.3 is 19.4 Å². The number of likely N-dealkylation sites (N-methyl/N-ethyl adjacent to an activating group) is 1. The van der Waals surface area contributed by atoms with E-state index >= 15 is 0 Å². The van der Waals surface area contributed by atoms with Crippen molar-refractivity contribution in [2.45, 2.75) is 226 Å². The van der Waals surface area contributed by atoms with Crippen molar-refractivity contribution in [1.29, 1.82) is 0 Å². The molecule has 0 spiro atoms. The molecule has 3 atom stereocenters. The molecule has 73 heavy (non-hydrogen) atoms. The van der Waals surface area contributed by atoms with Crippen LogP contribution in [0.4, 0.5) is 0 Å². The lowest BCUT2D eigenvalue weighted by molar-refractivity contribution is -0.870. The standard InChI is InChI=1S/C63H107N2O7P/c1-7-10-13-16-19-22-25-28-29-30-31-32-33-34-35-38-41-44-47-50-53-56-63(67)72-61(54-51-48-45-42-39-36-26-23-20-17-14-11-8-2)60(59-71-73(68,69)70-58-57-65(4,5)6)64-62(66)55-52-49-46-43-40-37-27-24-21-18-15-12-9-3/h10,12-13,15,18-19,21-22,24,27-29,31-32,34-35,41,44,51,54,60-61H,7-9,11,14,16-17,20,23,25-26,30,33,36-40,42-43,45-50,52-53,55-59H2,1-6H3,(H-,64,66,68,69)/p+1/b13-10-,15-12+,21-18+,22-19-,27-24-,29-28-,32-31-,35-34-,44-41-,54-51-. The topological polar surface area (TPSA) is 111 Å². The lowest BCUT2D eigenvalue weighted by atomic mass is 10.0. The third-order valence-corrected chi connectivity index (χ3v) is 12.9. The maximum atomic E-state index is 13.5. The SMILES string of the molecule is CC/C=C\C/C=C\C/C=C\C/C=C\C/C=C\C/C=C\CCCCC(=O)OC(/C=C\CCCCCCCCCCCCC)C(COP(=O)(O)OCC[N+](C)(C)C)NC(=O)CCCCCCC\C=C/C=C/C=C/CC. The predicted octanol–water partition coefficient (Wildman–Crippen LogP) is 17.5. The van der Waals surface area contributed by atoms with Crippen LogP contribution in [0.1, 0.15) is 213 Å². The zero-order valence-corrected chi connectivity index (χ0v) is 48.2. The Labute approximate surface area is 448 Å². The van der Waals surface area contributed by atoms with E-state index in [1.54, 1.807) is 0 Å². The summed E-state index contributed by atoms with van der Waals surface area (Å²) in [4.78, 5) is 37.6. The summed E-state index contributed by atoms with van der Waals surface area (Å²) in [7, 11) is 1.44. The minimum absolute atomic E-state index is 0.0220. The zero-order chi connectivity index (χ0) is 53.6. The summed E-state index contributed by atoms with van der Waals surface area (Å²) in [6.45, 7) is 6.69. The second kappa shape index (κ2) is 51.9. The number of unbranched alkanes of at least 4 members (excludes halogenated alkanes) is 18. The van der Waals surface area contributed by atoms with Gasteiger partial charge in [-0.1, -0.05) is 220 Å². The molecule has 0 aliphatic rings. The van der Waals surface area contributed by atoms with E-state index in [4.69, 9.17) is 13.8 Å². The van der Waals surface area contributed by atoms with E-state index < -0.39 is 20.0 Å². The molecule has 0 bridgehead atoms. The maximum Gasteiger partial charge on any atom is 0.472 e. The quantitative estimate of drug-likeness (QED) is 0.0156. The summed E-state index contributed by atoms with van der Waals surface area (Å²) in [6, 6.07) is -0.885. The molecule has 3 unspecified atom stereocenters. The molecular weight excluding hydrogens is 928 g/mol. The Morgan fingerprint density at radius 2 is 0.945 bits per heavy atom.